The molecule has 0 bridgehead atoms. The second-order valence-electron chi connectivity index (χ2n) is 7.69. The van der Waals surface area contributed by atoms with E-state index in [1.165, 1.54) is 29.0 Å². The van der Waals surface area contributed by atoms with Crippen molar-refractivity contribution < 1.29 is 9.21 Å². The van der Waals surface area contributed by atoms with Crippen LogP contribution in [0.3, 0.4) is 0 Å². The van der Waals surface area contributed by atoms with Crippen LogP contribution >= 0.6 is 11.8 Å². The highest BCUT2D eigenvalue weighted by Gasteiger charge is 2.25. The van der Waals surface area contributed by atoms with Crippen LogP contribution < -0.4 is 10.2 Å². The molecule has 166 valence electrons. The van der Waals surface area contributed by atoms with Gasteiger partial charge < -0.3 is 24.4 Å². The summed E-state index contributed by atoms with van der Waals surface area (Å²) in [5.74, 6) is 3.68. The Hall–Kier alpha value is -2.61. The number of aliphatic imine (C=N–C) groups is 1. The van der Waals surface area contributed by atoms with Crippen LogP contribution in [0.1, 0.15) is 23.0 Å². The van der Waals surface area contributed by atoms with Crippen LogP contribution in [0.4, 0.5) is 5.69 Å². The number of hydrogen-bond donors (Lipinski definition) is 1. The minimum atomic E-state index is -0.0426. The van der Waals surface area contributed by atoms with E-state index in [9.17, 15) is 4.79 Å². The van der Waals surface area contributed by atoms with Crippen LogP contribution in [0.25, 0.3) is 0 Å². The van der Waals surface area contributed by atoms with Gasteiger partial charge in [0.05, 0.1) is 12.8 Å². The van der Waals surface area contributed by atoms with Crippen LogP contribution in [0, 0.1) is 0 Å². The summed E-state index contributed by atoms with van der Waals surface area (Å²) in [6.07, 6.45) is 1.54. The molecule has 7 nitrogen and oxygen atoms in total. The molecule has 2 aliphatic rings. The minimum Gasteiger partial charge on any atom is -0.459 e. The number of anilines is 1. The molecule has 1 amide bonds. The molecule has 2 aliphatic heterocycles. The van der Waals surface area contributed by atoms with Crippen molar-refractivity contribution in [2.75, 3.05) is 62.2 Å². The molecular weight excluding hydrogens is 410 g/mol. The molecule has 1 aromatic heterocycles. The van der Waals surface area contributed by atoms with Gasteiger partial charge in [-0.05, 0) is 36.8 Å². The standard InChI is InChI=1S/C23H31N5O2S/c1-2-24-23(28-11-9-27(10-12-28)22(29)21-4-3-15-30-21)25-18-19-5-7-20(8-6-19)26-13-16-31-17-14-26/h3-8,15H,2,9-14,16-18H2,1H3,(H,24,25). The number of carbonyl (C=O) groups is 1. The van der Waals surface area contributed by atoms with Gasteiger partial charge >= 0.3 is 0 Å². The van der Waals surface area contributed by atoms with Crippen molar-refractivity contribution in [3.05, 3.63) is 54.0 Å². The van der Waals surface area contributed by atoms with Gasteiger partial charge in [-0.2, -0.15) is 11.8 Å². The van der Waals surface area contributed by atoms with E-state index in [1.807, 2.05) is 16.7 Å². The van der Waals surface area contributed by atoms with Gasteiger partial charge in [0.2, 0.25) is 0 Å². The summed E-state index contributed by atoms with van der Waals surface area (Å²) < 4.78 is 5.25. The summed E-state index contributed by atoms with van der Waals surface area (Å²) in [5, 5.41) is 3.40. The third kappa shape index (κ3) is 5.55. The highest BCUT2D eigenvalue weighted by molar-refractivity contribution is 7.99. The van der Waals surface area contributed by atoms with Crippen LogP contribution in [0.5, 0.6) is 0 Å². The zero-order valence-electron chi connectivity index (χ0n) is 18.1. The van der Waals surface area contributed by atoms with E-state index in [2.05, 4.69) is 46.3 Å². The normalized spacial score (nSPS) is 17.7. The summed E-state index contributed by atoms with van der Waals surface area (Å²) in [7, 11) is 0. The maximum atomic E-state index is 12.5. The SMILES string of the molecule is CCNC(=NCc1ccc(N2CCSCC2)cc1)N1CCN(C(=O)c2ccco2)CC1. The lowest BCUT2D eigenvalue weighted by molar-refractivity contribution is 0.0657. The minimum absolute atomic E-state index is 0.0426. The van der Waals surface area contributed by atoms with E-state index in [1.54, 1.807) is 12.1 Å². The number of nitrogens with one attached hydrogen (secondary N) is 1. The van der Waals surface area contributed by atoms with E-state index in [4.69, 9.17) is 9.41 Å². The third-order valence-electron chi connectivity index (χ3n) is 5.66. The second-order valence-corrected chi connectivity index (χ2v) is 8.92. The van der Waals surface area contributed by atoms with E-state index in [0.29, 0.717) is 25.4 Å². The number of nitrogens with zero attached hydrogens (tertiary/aromatic N) is 4. The topological polar surface area (TPSA) is 64.3 Å². The first-order chi connectivity index (χ1) is 15.2. The maximum Gasteiger partial charge on any atom is 0.289 e. The van der Waals surface area contributed by atoms with Crippen molar-refractivity contribution in [3.63, 3.8) is 0 Å². The maximum absolute atomic E-state index is 12.5. The fourth-order valence-corrected chi connectivity index (χ4v) is 4.81. The summed E-state index contributed by atoms with van der Waals surface area (Å²) >= 11 is 2.03. The lowest BCUT2D eigenvalue weighted by atomic mass is 10.2. The number of piperazine rings is 1. The van der Waals surface area contributed by atoms with Crippen molar-refractivity contribution >= 4 is 29.3 Å². The lowest BCUT2D eigenvalue weighted by Gasteiger charge is -2.36. The molecule has 2 saturated heterocycles. The van der Waals surface area contributed by atoms with Gasteiger partial charge in [-0.1, -0.05) is 12.1 Å². The Morgan fingerprint density at radius 3 is 2.39 bits per heavy atom. The Morgan fingerprint density at radius 1 is 1.03 bits per heavy atom. The van der Waals surface area contributed by atoms with E-state index in [0.717, 1.165) is 38.7 Å². The van der Waals surface area contributed by atoms with Gasteiger partial charge in [-0.3, -0.25) is 4.79 Å². The second kappa shape index (κ2) is 10.6. The van der Waals surface area contributed by atoms with Crippen molar-refractivity contribution in [3.8, 4) is 0 Å². The molecule has 0 atom stereocenters. The van der Waals surface area contributed by atoms with Gasteiger partial charge in [0, 0.05) is 63.0 Å². The fourth-order valence-electron chi connectivity index (χ4n) is 3.90. The first-order valence-corrected chi connectivity index (χ1v) is 12.2. The summed E-state index contributed by atoms with van der Waals surface area (Å²) in [4.78, 5) is 23.9. The fraction of sp³-hybridized carbons (Fsp3) is 0.478. The van der Waals surface area contributed by atoms with Crippen LogP contribution in [-0.4, -0.2) is 79.0 Å². The molecule has 2 fully saturated rings. The predicted molar refractivity (Wildman–Crippen MR) is 127 cm³/mol. The largest absolute Gasteiger partial charge is 0.459 e. The highest BCUT2D eigenvalue weighted by Crippen LogP contribution is 2.20. The molecule has 0 aliphatic carbocycles. The highest BCUT2D eigenvalue weighted by atomic mass is 32.2. The molecule has 1 aromatic carbocycles. The number of benzene rings is 1. The average Bonchev–Trinajstić information content (AvgIpc) is 3.37. The number of thioether (sulfide) groups is 1. The number of furan rings is 1. The number of rotatable bonds is 5. The number of amides is 1. The summed E-state index contributed by atoms with van der Waals surface area (Å²) in [5.41, 5.74) is 2.51. The Kier molecular flexibility index (Phi) is 7.40. The van der Waals surface area contributed by atoms with Gasteiger partial charge in [-0.15, -0.1) is 0 Å². The Balaban J connectivity index is 1.33. The van der Waals surface area contributed by atoms with E-state index >= 15 is 0 Å². The van der Waals surface area contributed by atoms with Gasteiger partial charge in [0.15, 0.2) is 11.7 Å². The van der Waals surface area contributed by atoms with Gasteiger partial charge in [-0.25, -0.2) is 4.99 Å². The van der Waals surface area contributed by atoms with Crippen LogP contribution in [-0.2, 0) is 6.54 Å². The number of carbonyl (C=O) groups excluding carboxylic acids is 1. The van der Waals surface area contributed by atoms with Gasteiger partial charge in [0.1, 0.15) is 0 Å². The zero-order valence-corrected chi connectivity index (χ0v) is 18.9. The first-order valence-electron chi connectivity index (χ1n) is 11.0. The first kappa shape index (κ1) is 21.6. The number of hydrogen-bond acceptors (Lipinski definition) is 5. The Morgan fingerprint density at radius 2 is 1.74 bits per heavy atom. The van der Waals surface area contributed by atoms with Crippen LogP contribution in [0.15, 0.2) is 52.1 Å². The molecule has 2 aromatic rings. The molecule has 0 unspecified atom stereocenters. The zero-order chi connectivity index (χ0) is 21.5. The molecule has 31 heavy (non-hydrogen) atoms. The van der Waals surface area contributed by atoms with E-state index in [-0.39, 0.29) is 5.91 Å². The lowest BCUT2D eigenvalue weighted by Crippen LogP contribution is -2.53. The molecule has 0 saturated carbocycles. The van der Waals surface area contributed by atoms with Crippen molar-refractivity contribution in [1.29, 1.82) is 0 Å². The van der Waals surface area contributed by atoms with Crippen LogP contribution in [0.2, 0.25) is 0 Å². The molecule has 0 spiro atoms. The predicted octanol–water partition coefficient (Wildman–Crippen LogP) is 2.76. The van der Waals surface area contributed by atoms with Crippen molar-refractivity contribution in [2.45, 2.75) is 13.5 Å². The molecule has 3 heterocycles. The smallest absolute Gasteiger partial charge is 0.289 e. The molecule has 4 rings (SSSR count). The van der Waals surface area contributed by atoms with E-state index < -0.39 is 0 Å². The molecule has 0 radical (unpaired) electrons. The Labute approximate surface area is 188 Å². The third-order valence-corrected chi connectivity index (χ3v) is 6.60. The van der Waals surface area contributed by atoms with Crippen molar-refractivity contribution in [2.24, 2.45) is 4.99 Å². The van der Waals surface area contributed by atoms with Gasteiger partial charge in [0.25, 0.3) is 5.91 Å². The average molecular weight is 442 g/mol. The Bertz CT molecular complexity index is 855. The summed E-state index contributed by atoms with van der Waals surface area (Å²) in [6.45, 7) is 8.62. The molecule has 8 heteroatoms. The number of guanidine groups is 1. The quantitative estimate of drug-likeness (QED) is 0.569. The summed E-state index contributed by atoms with van der Waals surface area (Å²) in [6, 6.07) is 12.3. The monoisotopic (exact) mass is 441 g/mol. The molecular formula is C23H31N5O2S. The molecule has 1 N–H and O–H groups in total. The van der Waals surface area contributed by atoms with Crippen molar-refractivity contribution in [1.82, 2.24) is 15.1 Å².